The molecule has 1 N–H and O–H groups in total. The third-order valence-corrected chi connectivity index (χ3v) is 5.43. The Morgan fingerprint density at radius 3 is 2.52 bits per heavy atom. The molecule has 3 aromatic rings. The van der Waals surface area contributed by atoms with Crippen molar-refractivity contribution in [3.8, 4) is 5.75 Å². The SMILES string of the molecule is Cc1ccc(C(=O)Nc2ccc3c(c2)N(CCCc2ccccc2)C(=O)C(C)O3)cc1. The standard InChI is InChI=1S/C26H26N2O3/c1-18-10-12-21(13-11-18)25(29)27-22-14-15-24-23(17-22)28(26(30)19(2)31-24)16-6-9-20-7-4-3-5-8-20/h3-5,7-8,10-15,17,19H,6,9,16H2,1-2H3,(H,27,29). The first-order valence-electron chi connectivity index (χ1n) is 10.6. The number of anilines is 2. The van der Waals surface area contributed by atoms with Gasteiger partial charge in [0.25, 0.3) is 11.8 Å². The molecule has 3 aromatic carbocycles. The fourth-order valence-corrected chi connectivity index (χ4v) is 3.71. The number of hydrogen-bond acceptors (Lipinski definition) is 3. The predicted octanol–water partition coefficient (Wildman–Crippen LogP) is 4.99. The molecule has 0 saturated carbocycles. The van der Waals surface area contributed by atoms with Crippen LogP contribution in [0.2, 0.25) is 0 Å². The van der Waals surface area contributed by atoms with Gasteiger partial charge in [0.1, 0.15) is 5.75 Å². The van der Waals surface area contributed by atoms with Gasteiger partial charge in [0, 0.05) is 17.8 Å². The van der Waals surface area contributed by atoms with Crippen molar-refractivity contribution in [1.29, 1.82) is 0 Å². The number of benzene rings is 3. The van der Waals surface area contributed by atoms with Crippen LogP contribution in [0.1, 0.15) is 34.8 Å². The monoisotopic (exact) mass is 414 g/mol. The second-order valence-corrected chi connectivity index (χ2v) is 7.84. The molecule has 0 bridgehead atoms. The Morgan fingerprint density at radius 1 is 1.03 bits per heavy atom. The number of nitrogens with zero attached hydrogens (tertiary/aromatic N) is 1. The minimum Gasteiger partial charge on any atom is -0.479 e. The van der Waals surface area contributed by atoms with Crippen molar-refractivity contribution in [1.82, 2.24) is 0 Å². The lowest BCUT2D eigenvalue weighted by Crippen LogP contribution is -2.45. The number of ether oxygens (including phenoxy) is 1. The molecule has 1 unspecified atom stereocenters. The molecule has 1 heterocycles. The van der Waals surface area contributed by atoms with Crippen molar-refractivity contribution in [2.45, 2.75) is 32.8 Å². The molecule has 0 fully saturated rings. The van der Waals surface area contributed by atoms with Gasteiger partial charge in [0.15, 0.2) is 6.10 Å². The highest BCUT2D eigenvalue weighted by molar-refractivity contribution is 6.05. The number of nitrogens with one attached hydrogen (secondary N) is 1. The lowest BCUT2D eigenvalue weighted by molar-refractivity contribution is -0.125. The maximum Gasteiger partial charge on any atom is 0.267 e. The van der Waals surface area contributed by atoms with Crippen LogP contribution in [0, 0.1) is 6.92 Å². The van der Waals surface area contributed by atoms with Crippen LogP contribution < -0.4 is 15.0 Å². The van der Waals surface area contributed by atoms with E-state index in [1.165, 1.54) is 5.56 Å². The molecule has 5 heteroatoms. The molecule has 0 aromatic heterocycles. The summed E-state index contributed by atoms with van der Waals surface area (Å²) in [6.07, 6.45) is 1.19. The summed E-state index contributed by atoms with van der Waals surface area (Å²) >= 11 is 0. The molecule has 2 amide bonds. The summed E-state index contributed by atoms with van der Waals surface area (Å²) in [5.41, 5.74) is 4.25. The highest BCUT2D eigenvalue weighted by Gasteiger charge is 2.31. The van der Waals surface area contributed by atoms with E-state index in [-0.39, 0.29) is 11.8 Å². The molecule has 4 rings (SSSR count). The summed E-state index contributed by atoms with van der Waals surface area (Å²) in [6.45, 7) is 4.34. The molecule has 158 valence electrons. The highest BCUT2D eigenvalue weighted by Crippen LogP contribution is 2.36. The predicted molar refractivity (Wildman–Crippen MR) is 123 cm³/mol. The summed E-state index contributed by atoms with van der Waals surface area (Å²) in [7, 11) is 0. The van der Waals surface area contributed by atoms with Crippen molar-refractivity contribution in [2.75, 3.05) is 16.8 Å². The van der Waals surface area contributed by atoms with Gasteiger partial charge in [-0.2, -0.15) is 0 Å². The maximum absolute atomic E-state index is 12.8. The van der Waals surface area contributed by atoms with Gasteiger partial charge >= 0.3 is 0 Å². The minimum absolute atomic E-state index is 0.0671. The summed E-state index contributed by atoms with van der Waals surface area (Å²) in [5, 5.41) is 2.92. The molecule has 1 atom stereocenters. The fourth-order valence-electron chi connectivity index (χ4n) is 3.71. The van der Waals surface area contributed by atoms with E-state index in [1.807, 2.05) is 49.4 Å². The highest BCUT2D eigenvalue weighted by atomic mass is 16.5. The first kappa shape index (κ1) is 20.7. The third-order valence-electron chi connectivity index (χ3n) is 5.43. The van der Waals surface area contributed by atoms with Crippen LogP contribution >= 0.6 is 0 Å². The number of carbonyl (C=O) groups excluding carboxylic acids is 2. The number of fused-ring (bicyclic) bond motifs is 1. The number of hydrogen-bond donors (Lipinski definition) is 1. The Morgan fingerprint density at radius 2 is 1.77 bits per heavy atom. The zero-order valence-electron chi connectivity index (χ0n) is 17.8. The molecule has 0 radical (unpaired) electrons. The van der Waals surface area contributed by atoms with E-state index in [9.17, 15) is 9.59 Å². The van der Waals surface area contributed by atoms with Crippen LogP contribution in [-0.2, 0) is 11.2 Å². The summed E-state index contributed by atoms with van der Waals surface area (Å²) in [4.78, 5) is 27.2. The van der Waals surface area contributed by atoms with Crippen molar-refractivity contribution < 1.29 is 14.3 Å². The van der Waals surface area contributed by atoms with E-state index in [4.69, 9.17) is 4.74 Å². The van der Waals surface area contributed by atoms with Crippen molar-refractivity contribution >= 4 is 23.2 Å². The molecule has 31 heavy (non-hydrogen) atoms. The quantitative estimate of drug-likeness (QED) is 0.618. The molecule has 0 spiro atoms. The van der Waals surface area contributed by atoms with Gasteiger partial charge in [-0.3, -0.25) is 9.59 Å². The lowest BCUT2D eigenvalue weighted by atomic mass is 10.1. The topological polar surface area (TPSA) is 58.6 Å². The lowest BCUT2D eigenvalue weighted by Gasteiger charge is -2.33. The van der Waals surface area contributed by atoms with Crippen molar-refractivity contribution in [2.24, 2.45) is 0 Å². The first-order valence-corrected chi connectivity index (χ1v) is 10.6. The summed E-state index contributed by atoms with van der Waals surface area (Å²) in [5.74, 6) is 0.398. The van der Waals surface area contributed by atoms with E-state index in [1.54, 1.807) is 30.0 Å². The second kappa shape index (κ2) is 9.04. The van der Waals surface area contributed by atoms with E-state index >= 15 is 0 Å². The van der Waals surface area contributed by atoms with Crippen LogP contribution in [0.25, 0.3) is 0 Å². The molecule has 5 nitrogen and oxygen atoms in total. The smallest absolute Gasteiger partial charge is 0.267 e. The van der Waals surface area contributed by atoms with Crippen LogP contribution in [0.5, 0.6) is 5.75 Å². The maximum atomic E-state index is 12.8. The Balaban J connectivity index is 1.51. The first-order chi connectivity index (χ1) is 15.0. The fraction of sp³-hybridized carbons (Fsp3) is 0.231. The van der Waals surface area contributed by atoms with E-state index in [0.29, 0.717) is 29.2 Å². The van der Waals surface area contributed by atoms with E-state index in [0.717, 1.165) is 18.4 Å². The van der Waals surface area contributed by atoms with Crippen LogP contribution in [0.3, 0.4) is 0 Å². The number of amides is 2. The van der Waals surface area contributed by atoms with Gasteiger partial charge in [0.05, 0.1) is 5.69 Å². The molecule has 0 saturated heterocycles. The van der Waals surface area contributed by atoms with Gasteiger partial charge in [-0.05, 0) is 62.6 Å². The number of carbonyl (C=O) groups is 2. The zero-order valence-corrected chi connectivity index (χ0v) is 17.8. The van der Waals surface area contributed by atoms with Gasteiger partial charge in [-0.1, -0.05) is 48.0 Å². The average Bonchev–Trinajstić information content (AvgIpc) is 2.78. The largest absolute Gasteiger partial charge is 0.479 e. The van der Waals surface area contributed by atoms with Crippen LogP contribution in [0.4, 0.5) is 11.4 Å². The van der Waals surface area contributed by atoms with Gasteiger partial charge in [-0.25, -0.2) is 0 Å². The molecular weight excluding hydrogens is 388 g/mol. The van der Waals surface area contributed by atoms with Crippen LogP contribution in [0.15, 0.2) is 72.8 Å². The summed E-state index contributed by atoms with van der Waals surface area (Å²) < 4.78 is 5.79. The van der Waals surface area contributed by atoms with E-state index in [2.05, 4.69) is 17.4 Å². The van der Waals surface area contributed by atoms with E-state index < -0.39 is 6.10 Å². The van der Waals surface area contributed by atoms with Crippen molar-refractivity contribution in [3.05, 3.63) is 89.5 Å². The normalized spacial score (nSPS) is 15.2. The third kappa shape index (κ3) is 4.77. The molecule has 1 aliphatic heterocycles. The Hall–Kier alpha value is -3.60. The molecule has 1 aliphatic rings. The Bertz CT molecular complexity index is 1080. The Kier molecular flexibility index (Phi) is 6.03. The number of aryl methyl sites for hydroxylation is 2. The zero-order chi connectivity index (χ0) is 21.8. The minimum atomic E-state index is -0.530. The van der Waals surface area contributed by atoms with Crippen LogP contribution in [-0.4, -0.2) is 24.5 Å². The van der Waals surface area contributed by atoms with Crippen molar-refractivity contribution in [3.63, 3.8) is 0 Å². The van der Waals surface area contributed by atoms with Gasteiger partial charge in [0.2, 0.25) is 0 Å². The van der Waals surface area contributed by atoms with Gasteiger partial charge in [-0.15, -0.1) is 0 Å². The number of rotatable bonds is 6. The molecule has 0 aliphatic carbocycles. The molecular formula is C26H26N2O3. The van der Waals surface area contributed by atoms with Gasteiger partial charge < -0.3 is 15.0 Å². The average molecular weight is 415 g/mol. The summed E-state index contributed by atoms with van der Waals surface area (Å²) in [6, 6.07) is 23.1. The second-order valence-electron chi connectivity index (χ2n) is 7.84. The Labute approximate surface area is 182 Å².